The van der Waals surface area contributed by atoms with Gasteiger partial charge in [0.05, 0.1) is 10.5 Å². The number of aromatic nitrogens is 2. The Morgan fingerprint density at radius 2 is 2.10 bits per heavy atom. The van der Waals surface area contributed by atoms with Crippen molar-refractivity contribution in [3.63, 3.8) is 0 Å². The number of rotatable bonds is 1. The van der Waals surface area contributed by atoms with Crippen LogP contribution in [0.4, 0.5) is 5.82 Å². The summed E-state index contributed by atoms with van der Waals surface area (Å²) in [6.07, 6.45) is 0. The van der Waals surface area contributed by atoms with E-state index in [1.807, 2.05) is 13.8 Å². The number of nitrogens with zero attached hydrogens (tertiary/aromatic N) is 1. The largest absolute Gasteiger partial charge is 0.308 e. The van der Waals surface area contributed by atoms with Gasteiger partial charge in [-0.2, -0.15) is 5.10 Å². The summed E-state index contributed by atoms with van der Waals surface area (Å²) in [7, 11) is 0. The molecule has 0 bridgehead atoms. The Hall–Kier alpha value is -1.75. The maximum absolute atomic E-state index is 12.0. The van der Waals surface area contributed by atoms with Crippen molar-refractivity contribution in [2.24, 2.45) is 0 Å². The molecule has 1 amide bonds. The highest BCUT2D eigenvalue weighted by molar-refractivity contribution is 8.01. The van der Waals surface area contributed by atoms with E-state index in [0.29, 0.717) is 5.82 Å². The Labute approximate surface area is 122 Å². The van der Waals surface area contributed by atoms with Crippen LogP contribution in [0.3, 0.4) is 0 Å². The lowest BCUT2D eigenvalue weighted by Gasteiger charge is -2.18. The fourth-order valence-electron chi connectivity index (χ4n) is 2.48. The highest BCUT2D eigenvalue weighted by atomic mass is 32.2. The van der Waals surface area contributed by atoms with Crippen LogP contribution in [0.5, 0.6) is 0 Å². The van der Waals surface area contributed by atoms with Crippen LogP contribution in [0, 0.1) is 13.8 Å². The molecule has 2 heterocycles. The first kappa shape index (κ1) is 13.2. The molecular formula is C15H17N3OS. The van der Waals surface area contributed by atoms with Gasteiger partial charge in [-0.05, 0) is 26.3 Å². The summed E-state index contributed by atoms with van der Waals surface area (Å²) in [5, 5.41) is 10.1. The molecule has 0 spiro atoms. The van der Waals surface area contributed by atoms with E-state index in [4.69, 9.17) is 0 Å². The van der Waals surface area contributed by atoms with Crippen LogP contribution in [0.2, 0.25) is 0 Å². The number of benzene rings is 1. The minimum atomic E-state index is -0.103. The van der Waals surface area contributed by atoms with E-state index in [9.17, 15) is 4.79 Å². The number of amides is 1. The quantitative estimate of drug-likeness (QED) is 0.847. The molecule has 0 fully saturated rings. The summed E-state index contributed by atoms with van der Waals surface area (Å²) in [4.78, 5) is 12.0. The molecule has 1 aromatic heterocycles. The molecule has 2 atom stereocenters. The van der Waals surface area contributed by atoms with Crippen LogP contribution in [-0.4, -0.2) is 21.4 Å². The van der Waals surface area contributed by atoms with E-state index in [-0.39, 0.29) is 16.4 Å². The number of carbonyl (C=O) groups excluding carboxylic acids is 1. The molecule has 0 unspecified atom stereocenters. The van der Waals surface area contributed by atoms with E-state index in [2.05, 4.69) is 46.7 Å². The Morgan fingerprint density at radius 3 is 2.85 bits per heavy atom. The molecular weight excluding hydrogens is 270 g/mol. The topological polar surface area (TPSA) is 57.8 Å². The van der Waals surface area contributed by atoms with Crippen LogP contribution in [-0.2, 0) is 4.79 Å². The monoisotopic (exact) mass is 287 g/mol. The van der Waals surface area contributed by atoms with Crippen molar-refractivity contribution in [2.75, 3.05) is 5.32 Å². The first-order chi connectivity index (χ1) is 9.56. The lowest BCUT2D eigenvalue weighted by molar-refractivity contribution is -0.115. The highest BCUT2D eigenvalue weighted by Crippen LogP contribution is 2.44. The van der Waals surface area contributed by atoms with Crippen molar-refractivity contribution in [1.82, 2.24) is 10.2 Å². The molecule has 0 saturated carbocycles. The number of H-pyrrole nitrogens is 1. The molecule has 1 aliphatic rings. The zero-order valence-electron chi connectivity index (χ0n) is 11.7. The molecule has 4 nitrogen and oxygen atoms in total. The maximum atomic E-state index is 12.0. The Balaban J connectivity index is 2.13. The van der Waals surface area contributed by atoms with Crippen molar-refractivity contribution < 1.29 is 4.79 Å². The first-order valence-corrected chi connectivity index (χ1v) is 7.58. The molecule has 2 N–H and O–H groups in total. The fraction of sp³-hybridized carbons (Fsp3) is 0.333. The van der Waals surface area contributed by atoms with Gasteiger partial charge in [0.1, 0.15) is 0 Å². The zero-order valence-corrected chi connectivity index (χ0v) is 12.5. The molecule has 1 aromatic carbocycles. The van der Waals surface area contributed by atoms with Crippen LogP contribution in [0.15, 0.2) is 24.3 Å². The Bertz CT molecular complexity index is 665. The standard InChI is InChI=1S/C15H17N3OS/c1-8-5-4-6-11(7-8)13-12-9(2)17-18-14(12)16-15(19)10(3)20-13/h4-7,10,13H,1-3H3,(H2,16,17,18,19)/t10-,13-/m1/s1. The van der Waals surface area contributed by atoms with E-state index >= 15 is 0 Å². The van der Waals surface area contributed by atoms with Gasteiger partial charge in [0.25, 0.3) is 0 Å². The van der Waals surface area contributed by atoms with Crippen molar-refractivity contribution in [3.8, 4) is 0 Å². The van der Waals surface area contributed by atoms with Gasteiger partial charge in [-0.25, -0.2) is 0 Å². The number of fused-ring (bicyclic) bond motifs is 1. The van der Waals surface area contributed by atoms with Crippen molar-refractivity contribution in [3.05, 3.63) is 46.6 Å². The van der Waals surface area contributed by atoms with E-state index in [1.54, 1.807) is 11.8 Å². The molecule has 2 aromatic rings. The molecule has 1 aliphatic heterocycles. The normalized spacial score (nSPS) is 22.1. The Morgan fingerprint density at radius 1 is 1.30 bits per heavy atom. The minimum Gasteiger partial charge on any atom is -0.308 e. The second-order valence-electron chi connectivity index (χ2n) is 5.17. The predicted molar refractivity (Wildman–Crippen MR) is 82.0 cm³/mol. The molecule has 0 aliphatic carbocycles. The maximum Gasteiger partial charge on any atom is 0.238 e. The predicted octanol–water partition coefficient (Wildman–Crippen LogP) is 3.19. The van der Waals surface area contributed by atoms with Gasteiger partial charge in [0.2, 0.25) is 5.91 Å². The summed E-state index contributed by atoms with van der Waals surface area (Å²) in [5.41, 5.74) is 4.53. The first-order valence-electron chi connectivity index (χ1n) is 6.64. The van der Waals surface area contributed by atoms with Crippen molar-refractivity contribution in [2.45, 2.75) is 31.3 Å². The van der Waals surface area contributed by atoms with E-state index in [0.717, 1.165) is 11.3 Å². The van der Waals surface area contributed by atoms with Crippen molar-refractivity contribution in [1.29, 1.82) is 0 Å². The molecule has 3 rings (SSSR count). The van der Waals surface area contributed by atoms with E-state index in [1.165, 1.54) is 11.1 Å². The number of thioether (sulfide) groups is 1. The third-order valence-corrected chi connectivity index (χ3v) is 4.95. The smallest absolute Gasteiger partial charge is 0.238 e. The number of carbonyl (C=O) groups is 1. The van der Waals surface area contributed by atoms with Gasteiger partial charge >= 0.3 is 0 Å². The Kier molecular flexibility index (Phi) is 3.30. The van der Waals surface area contributed by atoms with Crippen LogP contribution in [0.25, 0.3) is 0 Å². The van der Waals surface area contributed by atoms with Gasteiger partial charge < -0.3 is 5.32 Å². The number of aromatic amines is 1. The van der Waals surface area contributed by atoms with Crippen LogP contribution < -0.4 is 5.32 Å². The highest BCUT2D eigenvalue weighted by Gasteiger charge is 2.32. The number of aryl methyl sites for hydroxylation is 2. The summed E-state index contributed by atoms with van der Waals surface area (Å²) in [5.74, 6) is 0.675. The average molecular weight is 287 g/mol. The fourth-order valence-corrected chi connectivity index (χ4v) is 3.80. The van der Waals surface area contributed by atoms with Crippen LogP contribution in [0.1, 0.15) is 34.6 Å². The lowest BCUT2D eigenvalue weighted by Crippen LogP contribution is -2.21. The van der Waals surface area contributed by atoms with Gasteiger partial charge in [-0.15, -0.1) is 11.8 Å². The number of nitrogens with one attached hydrogen (secondary N) is 2. The van der Waals surface area contributed by atoms with Gasteiger partial charge in [-0.1, -0.05) is 29.8 Å². The summed E-state index contributed by atoms with van der Waals surface area (Å²) >= 11 is 1.67. The SMILES string of the molecule is Cc1cccc([C@H]2S[C@H](C)C(=O)Nc3n[nH]c(C)c32)c1. The van der Waals surface area contributed by atoms with Gasteiger partial charge in [0, 0.05) is 11.3 Å². The molecule has 20 heavy (non-hydrogen) atoms. The zero-order chi connectivity index (χ0) is 14.3. The second-order valence-corrected chi connectivity index (χ2v) is 6.62. The lowest BCUT2D eigenvalue weighted by atomic mass is 10.0. The van der Waals surface area contributed by atoms with Gasteiger partial charge in [0.15, 0.2) is 5.82 Å². The molecule has 0 radical (unpaired) electrons. The van der Waals surface area contributed by atoms with E-state index < -0.39 is 0 Å². The average Bonchev–Trinajstić information content (AvgIpc) is 2.70. The molecule has 5 heteroatoms. The third-order valence-electron chi connectivity index (χ3n) is 3.55. The van der Waals surface area contributed by atoms with Gasteiger partial charge in [-0.3, -0.25) is 9.89 Å². The minimum absolute atomic E-state index is 0.0119. The summed E-state index contributed by atoms with van der Waals surface area (Å²) in [6.45, 7) is 6.02. The number of anilines is 1. The number of hydrogen-bond acceptors (Lipinski definition) is 3. The molecule has 104 valence electrons. The van der Waals surface area contributed by atoms with Crippen molar-refractivity contribution >= 4 is 23.5 Å². The number of hydrogen-bond donors (Lipinski definition) is 2. The second kappa shape index (κ2) is 4.98. The summed E-state index contributed by atoms with van der Waals surface area (Å²) < 4.78 is 0. The molecule has 0 saturated heterocycles. The van der Waals surface area contributed by atoms with Crippen LogP contribution >= 0.6 is 11.8 Å². The third kappa shape index (κ3) is 2.22. The summed E-state index contributed by atoms with van der Waals surface area (Å²) in [6, 6.07) is 8.44.